The van der Waals surface area contributed by atoms with Crippen molar-refractivity contribution in [3.05, 3.63) is 62.9 Å². The van der Waals surface area contributed by atoms with Gasteiger partial charge in [-0.3, -0.25) is 4.79 Å². The Balaban J connectivity index is 1.32. The molecular formula is C23H30N3O7PS. The minimum atomic E-state index is -3.50. The van der Waals surface area contributed by atoms with Crippen molar-refractivity contribution in [3.8, 4) is 0 Å². The molecule has 0 amide bonds. The van der Waals surface area contributed by atoms with Crippen molar-refractivity contribution in [1.82, 2.24) is 14.2 Å². The fourth-order valence-corrected chi connectivity index (χ4v) is 8.70. The van der Waals surface area contributed by atoms with Crippen molar-refractivity contribution in [2.75, 3.05) is 12.3 Å². The zero-order valence-electron chi connectivity index (χ0n) is 19.7. The van der Waals surface area contributed by atoms with E-state index >= 15 is 0 Å². The van der Waals surface area contributed by atoms with Crippen molar-refractivity contribution >= 4 is 18.4 Å². The Bertz CT molecular complexity index is 1250. The van der Waals surface area contributed by atoms with Gasteiger partial charge < -0.3 is 18.8 Å². The van der Waals surface area contributed by atoms with E-state index in [-0.39, 0.29) is 28.9 Å². The fraction of sp³-hybridized carbons (Fsp3) is 0.565. The highest BCUT2D eigenvalue weighted by molar-refractivity contribution is 7.91. The zero-order chi connectivity index (χ0) is 24.7. The number of aromatic nitrogens is 2. The van der Waals surface area contributed by atoms with Gasteiger partial charge in [-0.2, -0.15) is 0 Å². The van der Waals surface area contributed by atoms with E-state index in [0.717, 1.165) is 24.0 Å². The molecule has 6 atom stereocenters. The van der Waals surface area contributed by atoms with Crippen molar-refractivity contribution in [2.45, 2.75) is 75.0 Å². The molecular weight excluding hydrogens is 493 g/mol. The number of benzene rings is 1. The van der Waals surface area contributed by atoms with Crippen LogP contribution in [0.2, 0.25) is 0 Å². The van der Waals surface area contributed by atoms with Gasteiger partial charge in [0.1, 0.15) is 6.23 Å². The lowest BCUT2D eigenvalue weighted by Crippen LogP contribution is -2.38. The van der Waals surface area contributed by atoms with Gasteiger partial charge in [0.15, 0.2) is 9.84 Å². The summed E-state index contributed by atoms with van der Waals surface area (Å²) in [6.07, 6.45) is 0.870. The minimum Gasteiger partial charge on any atom is -0.352 e. The first-order valence-corrected chi connectivity index (χ1v) is 14.7. The lowest BCUT2D eigenvalue weighted by molar-refractivity contribution is -0.0202. The van der Waals surface area contributed by atoms with E-state index in [1.165, 1.54) is 6.07 Å². The van der Waals surface area contributed by atoms with Gasteiger partial charge in [-0.05, 0) is 38.3 Å². The molecule has 35 heavy (non-hydrogen) atoms. The molecule has 1 N–H and O–H groups in total. The molecule has 5 rings (SSSR count). The Morgan fingerprint density at radius 2 is 1.97 bits per heavy atom. The fourth-order valence-electron chi connectivity index (χ4n) is 5.11. The van der Waals surface area contributed by atoms with Crippen LogP contribution in [0.3, 0.4) is 0 Å². The lowest BCUT2D eigenvalue weighted by Gasteiger charge is -2.25. The number of nitrogens with zero attached hydrogens (tertiary/aromatic N) is 2. The molecule has 0 bridgehead atoms. The van der Waals surface area contributed by atoms with Gasteiger partial charge in [0, 0.05) is 30.8 Å². The third-order valence-corrected chi connectivity index (χ3v) is 10.4. The Morgan fingerprint density at radius 3 is 2.69 bits per heavy atom. The molecule has 3 saturated heterocycles. The number of aryl methyl sites for hydroxylation is 1. The topological polar surface area (TPSA) is 120 Å². The van der Waals surface area contributed by atoms with Gasteiger partial charge in [-0.15, -0.1) is 0 Å². The number of aromatic amines is 1. The van der Waals surface area contributed by atoms with E-state index in [9.17, 15) is 18.0 Å². The maximum atomic E-state index is 13.0. The third kappa shape index (κ3) is 4.90. The predicted octanol–water partition coefficient (Wildman–Crippen LogP) is 2.49. The summed E-state index contributed by atoms with van der Waals surface area (Å²) in [6.45, 7) is 4.40. The van der Waals surface area contributed by atoms with Crippen LogP contribution in [-0.4, -0.2) is 59.3 Å². The molecule has 3 aliphatic heterocycles. The highest BCUT2D eigenvalue weighted by Crippen LogP contribution is 2.58. The molecule has 3 aliphatic rings. The van der Waals surface area contributed by atoms with Crippen LogP contribution in [0.1, 0.15) is 44.5 Å². The van der Waals surface area contributed by atoms with Crippen LogP contribution in [0.5, 0.6) is 0 Å². The highest BCUT2D eigenvalue weighted by atomic mass is 32.2. The van der Waals surface area contributed by atoms with Crippen LogP contribution in [-0.2, 0) is 23.6 Å². The van der Waals surface area contributed by atoms with Crippen LogP contribution in [0, 0.1) is 6.92 Å². The number of rotatable bonds is 7. The summed E-state index contributed by atoms with van der Waals surface area (Å²) in [5.74, 6) is -0.102. The molecule has 0 spiro atoms. The van der Waals surface area contributed by atoms with Gasteiger partial charge in [-0.1, -0.05) is 25.1 Å². The second-order valence-corrected chi connectivity index (χ2v) is 12.7. The van der Waals surface area contributed by atoms with Crippen LogP contribution in [0.4, 0.5) is 0 Å². The summed E-state index contributed by atoms with van der Waals surface area (Å²) in [5, 5.41) is 0. The van der Waals surface area contributed by atoms with Gasteiger partial charge in [0.05, 0.1) is 29.0 Å². The monoisotopic (exact) mass is 523 g/mol. The summed E-state index contributed by atoms with van der Waals surface area (Å²) in [5.41, 5.74) is -0.432. The number of fused-ring (bicyclic) bond motifs is 1. The van der Waals surface area contributed by atoms with E-state index < -0.39 is 41.9 Å². The van der Waals surface area contributed by atoms with Gasteiger partial charge in [-0.25, -0.2) is 22.4 Å². The van der Waals surface area contributed by atoms with Crippen LogP contribution >= 0.6 is 8.53 Å². The molecule has 0 radical (unpaired) electrons. The molecule has 0 aliphatic carbocycles. The summed E-state index contributed by atoms with van der Waals surface area (Å²) in [4.78, 5) is 27.8. The smallest absolute Gasteiger partial charge is 0.330 e. The summed E-state index contributed by atoms with van der Waals surface area (Å²) in [6, 6.07) is 9.78. The first-order valence-electron chi connectivity index (χ1n) is 11.9. The van der Waals surface area contributed by atoms with Gasteiger partial charge in [0.25, 0.3) is 14.1 Å². The van der Waals surface area contributed by atoms with Gasteiger partial charge >= 0.3 is 5.69 Å². The standard InChI is InChI=1S/C23H30N3O7PS/c1-3-18-19(13-22(31-18)26-21(27)12-15(2)24-23(26)28)32-34-25-11-7-10-17(25)20(33-34)14-35(29,30)16-8-5-4-6-9-16/h4-6,8-9,12,17-20,22H,3,7,10-11,13-14H2,1-2H3,(H,24,28)/t17-,18+,19?,20+,22+,34-/m0/s1. The summed E-state index contributed by atoms with van der Waals surface area (Å²) >= 11 is 0. The maximum absolute atomic E-state index is 13.0. The molecule has 1 aromatic carbocycles. The largest absolute Gasteiger partial charge is 0.352 e. The number of sulfone groups is 1. The minimum absolute atomic E-state index is 0.0136. The average Bonchev–Trinajstić information content (AvgIpc) is 3.51. The second-order valence-electron chi connectivity index (χ2n) is 9.23. The number of ether oxygens (including phenoxy) is 1. The molecule has 1 aromatic heterocycles. The summed E-state index contributed by atoms with van der Waals surface area (Å²) in [7, 11) is -4.99. The third-order valence-electron chi connectivity index (χ3n) is 6.82. The van der Waals surface area contributed by atoms with E-state index in [4.69, 9.17) is 13.8 Å². The summed E-state index contributed by atoms with van der Waals surface area (Å²) < 4.78 is 47.9. The first kappa shape index (κ1) is 24.8. The number of H-pyrrole nitrogens is 1. The predicted molar refractivity (Wildman–Crippen MR) is 130 cm³/mol. The molecule has 190 valence electrons. The average molecular weight is 524 g/mol. The lowest BCUT2D eigenvalue weighted by atomic mass is 10.1. The second kappa shape index (κ2) is 9.88. The van der Waals surface area contributed by atoms with E-state index in [1.807, 2.05) is 6.92 Å². The van der Waals surface area contributed by atoms with E-state index in [1.54, 1.807) is 37.3 Å². The Hall–Kier alpha value is -1.88. The van der Waals surface area contributed by atoms with Crippen molar-refractivity contribution in [1.29, 1.82) is 0 Å². The Labute approximate surface area is 205 Å². The van der Waals surface area contributed by atoms with E-state index in [0.29, 0.717) is 18.5 Å². The highest BCUT2D eigenvalue weighted by Gasteiger charge is 2.50. The van der Waals surface area contributed by atoms with Crippen LogP contribution in [0.25, 0.3) is 0 Å². The molecule has 4 heterocycles. The molecule has 3 fully saturated rings. The molecule has 12 heteroatoms. The number of hydrogen-bond donors (Lipinski definition) is 1. The Morgan fingerprint density at radius 1 is 1.20 bits per heavy atom. The van der Waals surface area contributed by atoms with Crippen molar-refractivity contribution < 1.29 is 22.2 Å². The zero-order valence-corrected chi connectivity index (χ0v) is 21.4. The normalized spacial score (nSPS) is 31.1. The molecule has 1 unspecified atom stereocenters. The first-order chi connectivity index (χ1) is 16.8. The van der Waals surface area contributed by atoms with Crippen molar-refractivity contribution in [3.63, 3.8) is 0 Å². The SMILES string of the molecule is CC[C@H]1O[C@@H](n2c(=O)cc(C)[nH]c2=O)CC1O[P@@]1O[C@H](CS(=O)(=O)c2ccccc2)[C@@H]2CCCN21. The van der Waals surface area contributed by atoms with Crippen molar-refractivity contribution in [2.24, 2.45) is 0 Å². The Kier molecular flexibility index (Phi) is 7.00. The number of hydrogen-bond acceptors (Lipinski definition) is 8. The van der Waals surface area contributed by atoms with Crippen LogP contribution < -0.4 is 11.2 Å². The van der Waals surface area contributed by atoms with Crippen LogP contribution in [0.15, 0.2) is 50.9 Å². The number of nitrogens with one attached hydrogen (secondary N) is 1. The molecule has 10 nitrogen and oxygen atoms in total. The molecule has 0 saturated carbocycles. The quantitative estimate of drug-likeness (QED) is 0.550. The van der Waals surface area contributed by atoms with Gasteiger partial charge in [0.2, 0.25) is 0 Å². The maximum Gasteiger partial charge on any atom is 0.330 e. The molecule has 2 aromatic rings. The van der Waals surface area contributed by atoms with E-state index in [2.05, 4.69) is 9.65 Å².